The van der Waals surface area contributed by atoms with Gasteiger partial charge in [0.25, 0.3) is 0 Å². The molecule has 0 radical (unpaired) electrons. The first-order valence-electron chi connectivity index (χ1n) is 5.21. The molecule has 0 aliphatic carbocycles. The number of rotatable bonds is 1. The summed E-state index contributed by atoms with van der Waals surface area (Å²) < 4.78 is 0. The standard InChI is InChI=1S/C13H16OSi/c1-15(2,3)13-9-8-12(14)10-6-4-5-7-11(10)13/h4-9,14H,1-3H3. The number of aromatic hydroxyl groups is 1. The van der Waals surface area contributed by atoms with Gasteiger partial charge in [-0.25, -0.2) is 0 Å². The van der Waals surface area contributed by atoms with Gasteiger partial charge < -0.3 is 5.11 Å². The number of fused-ring (bicyclic) bond motifs is 1. The molecule has 0 bridgehead atoms. The highest BCUT2D eigenvalue weighted by atomic mass is 28.3. The lowest BCUT2D eigenvalue weighted by molar-refractivity contribution is 0.482. The predicted octanol–water partition coefficient (Wildman–Crippen LogP) is 3.09. The topological polar surface area (TPSA) is 20.2 Å². The predicted molar refractivity (Wildman–Crippen MR) is 68.6 cm³/mol. The molecule has 0 unspecified atom stereocenters. The van der Waals surface area contributed by atoms with Crippen LogP contribution < -0.4 is 5.19 Å². The molecule has 0 heterocycles. The number of phenols is 1. The molecule has 0 atom stereocenters. The maximum absolute atomic E-state index is 9.78. The highest BCUT2D eigenvalue weighted by Gasteiger charge is 2.19. The molecule has 15 heavy (non-hydrogen) atoms. The zero-order valence-electron chi connectivity index (χ0n) is 9.41. The number of phenolic OH excluding ortho intramolecular Hbond substituents is 1. The zero-order valence-corrected chi connectivity index (χ0v) is 10.4. The Labute approximate surface area is 91.4 Å². The fourth-order valence-electron chi connectivity index (χ4n) is 1.94. The highest BCUT2D eigenvalue weighted by molar-refractivity contribution is 6.90. The van der Waals surface area contributed by atoms with Gasteiger partial charge in [-0.3, -0.25) is 0 Å². The van der Waals surface area contributed by atoms with Crippen molar-refractivity contribution >= 4 is 24.0 Å². The Bertz CT molecular complexity index is 497. The third kappa shape index (κ3) is 1.77. The third-order valence-corrected chi connectivity index (χ3v) is 4.76. The first kappa shape index (κ1) is 10.2. The fraction of sp³-hybridized carbons (Fsp3) is 0.231. The van der Waals surface area contributed by atoms with Crippen molar-refractivity contribution in [3.63, 3.8) is 0 Å². The summed E-state index contributed by atoms with van der Waals surface area (Å²) in [5.74, 6) is 0.382. The Balaban J connectivity index is 2.84. The lowest BCUT2D eigenvalue weighted by Gasteiger charge is -2.19. The maximum Gasteiger partial charge on any atom is 0.123 e. The van der Waals surface area contributed by atoms with Crippen LogP contribution in [-0.2, 0) is 0 Å². The summed E-state index contributed by atoms with van der Waals surface area (Å²) in [6.07, 6.45) is 0. The average molecular weight is 216 g/mol. The maximum atomic E-state index is 9.78. The van der Waals surface area contributed by atoms with E-state index in [1.165, 1.54) is 10.6 Å². The molecule has 0 spiro atoms. The van der Waals surface area contributed by atoms with Gasteiger partial charge in [0.15, 0.2) is 0 Å². The summed E-state index contributed by atoms with van der Waals surface area (Å²) >= 11 is 0. The first-order valence-corrected chi connectivity index (χ1v) is 8.71. The molecule has 0 fully saturated rings. The monoisotopic (exact) mass is 216 g/mol. The molecule has 0 saturated carbocycles. The zero-order chi connectivity index (χ0) is 11.1. The molecule has 0 aliphatic heterocycles. The molecule has 2 heteroatoms. The minimum absolute atomic E-state index is 0.382. The van der Waals surface area contributed by atoms with E-state index in [1.807, 2.05) is 24.3 Å². The molecule has 78 valence electrons. The second-order valence-electron chi connectivity index (χ2n) is 4.93. The van der Waals surface area contributed by atoms with E-state index < -0.39 is 8.07 Å². The van der Waals surface area contributed by atoms with Crippen molar-refractivity contribution in [2.24, 2.45) is 0 Å². The summed E-state index contributed by atoms with van der Waals surface area (Å²) in [5, 5.41) is 13.4. The number of hydrogen-bond donors (Lipinski definition) is 1. The quantitative estimate of drug-likeness (QED) is 0.726. The molecule has 0 amide bonds. The molecule has 2 aromatic rings. The van der Waals surface area contributed by atoms with Crippen molar-refractivity contribution in [1.82, 2.24) is 0 Å². The van der Waals surface area contributed by atoms with Crippen LogP contribution in [0.2, 0.25) is 19.6 Å². The van der Waals surface area contributed by atoms with Crippen LogP contribution in [0.15, 0.2) is 36.4 Å². The van der Waals surface area contributed by atoms with E-state index in [2.05, 4.69) is 31.8 Å². The molecule has 1 nitrogen and oxygen atoms in total. The van der Waals surface area contributed by atoms with Gasteiger partial charge in [-0.2, -0.15) is 0 Å². The van der Waals surface area contributed by atoms with Crippen molar-refractivity contribution in [2.75, 3.05) is 0 Å². The van der Waals surface area contributed by atoms with Crippen LogP contribution in [0.25, 0.3) is 10.8 Å². The Morgan fingerprint density at radius 2 is 1.47 bits per heavy atom. The van der Waals surface area contributed by atoms with Gasteiger partial charge in [-0.1, -0.05) is 55.2 Å². The van der Waals surface area contributed by atoms with Crippen molar-refractivity contribution in [1.29, 1.82) is 0 Å². The summed E-state index contributed by atoms with van der Waals surface area (Å²) in [5.41, 5.74) is 0. The van der Waals surface area contributed by atoms with E-state index in [0.717, 1.165) is 5.39 Å². The largest absolute Gasteiger partial charge is 0.507 e. The van der Waals surface area contributed by atoms with Crippen LogP contribution in [-0.4, -0.2) is 13.2 Å². The minimum atomic E-state index is -1.33. The van der Waals surface area contributed by atoms with Crippen molar-refractivity contribution < 1.29 is 5.11 Å². The third-order valence-electron chi connectivity index (χ3n) is 2.71. The summed E-state index contributed by atoms with van der Waals surface area (Å²) in [6, 6.07) is 12.0. The molecule has 1 N–H and O–H groups in total. The van der Waals surface area contributed by atoms with Gasteiger partial charge in [0.2, 0.25) is 0 Å². The SMILES string of the molecule is C[Si](C)(C)c1ccc(O)c2ccccc12. The normalized spacial score (nSPS) is 11.9. The molecule has 0 aliphatic rings. The van der Waals surface area contributed by atoms with Gasteiger partial charge in [0.05, 0.1) is 8.07 Å². The van der Waals surface area contributed by atoms with Crippen LogP contribution in [0.5, 0.6) is 5.75 Å². The molecule has 0 saturated heterocycles. The smallest absolute Gasteiger partial charge is 0.123 e. The van der Waals surface area contributed by atoms with Crippen molar-refractivity contribution in [3.8, 4) is 5.75 Å². The summed E-state index contributed by atoms with van der Waals surface area (Å²) in [4.78, 5) is 0. The molecule has 2 rings (SSSR count). The molecular weight excluding hydrogens is 200 g/mol. The van der Waals surface area contributed by atoms with Crippen molar-refractivity contribution in [2.45, 2.75) is 19.6 Å². The summed E-state index contributed by atoms with van der Waals surface area (Å²) in [6.45, 7) is 6.98. The van der Waals surface area contributed by atoms with E-state index >= 15 is 0 Å². The van der Waals surface area contributed by atoms with E-state index in [-0.39, 0.29) is 0 Å². The second kappa shape index (κ2) is 3.38. The first-order chi connectivity index (χ1) is 7.00. The molecule has 0 aromatic heterocycles. The lowest BCUT2D eigenvalue weighted by atomic mass is 10.1. The molecular formula is C13H16OSi. The Kier molecular flexibility index (Phi) is 2.31. The Hall–Kier alpha value is -1.28. The van der Waals surface area contributed by atoms with Gasteiger partial charge in [0.1, 0.15) is 5.75 Å². The van der Waals surface area contributed by atoms with Crippen LogP contribution in [0.1, 0.15) is 0 Å². The van der Waals surface area contributed by atoms with E-state index in [1.54, 1.807) is 0 Å². The van der Waals surface area contributed by atoms with Gasteiger partial charge in [0, 0.05) is 5.39 Å². The molecule has 2 aromatic carbocycles. The lowest BCUT2D eigenvalue weighted by Crippen LogP contribution is -2.37. The van der Waals surface area contributed by atoms with E-state index in [4.69, 9.17) is 0 Å². The van der Waals surface area contributed by atoms with Crippen LogP contribution in [0, 0.1) is 0 Å². The average Bonchev–Trinajstić information content (AvgIpc) is 2.17. The number of hydrogen-bond acceptors (Lipinski definition) is 1. The van der Waals surface area contributed by atoms with Crippen LogP contribution in [0.3, 0.4) is 0 Å². The second-order valence-corrected chi connectivity index (χ2v) is 9.97. The Morgan fingerprint density at radius 1 is 0.867 bits per heavy atom. The summed E-state index contributed by atoms with van der Waals surface area (Å²) in [7, 11) is -1.33. The highest BCUT2D eigenvalue weighted by Crippen LogP contribution is 2.24. The fourth-order valence-corrected chi connectivity index (χ4v) is 3.55. The van der Waals surface area contributed by atoms with Gasteiger partial charge in [-0.15, -0.1) is 0 Å². The van der Waals surface area contributed by atoms with Gasteiger partial charge in [-0.05, 0) is 11.5 Å². The van der Waals surface area contributed by atoms with E-state index in [0.29, 0.717) is 5.75 Å². The van der Waals surface area contributed by atoms with E-state index in [9.17, 15) is 5.11 Å². The van der Waals surface area contributed by atoms with Crippen molar-refractivity contribution in [3.05, 3.63) is 36.4 Å². The number of benzene rings is 2. The van der Waals surface area contributed by atoms with Crippen LogP contribution in [0.4, 0.5) is 0 Å². The Morgan fingerprint density at radius 3 is 2.07 bits per heavy atom. The van der Waals surface area contributed by atoms with Gasteiger partial charge >= 0.3 is 0 Å². The minimum Gasteiger partial charge on any atom is -0.507 e. The van der Waals surface area contributed by atoms with Crippen LogP contribution >= 0.6 is 0 Å².